The van der Waals surface area contributed by atoms with Crippen molar-refractivity contribution < 1.29 is 28.3 Å². The zero-order valence-electron chi connectivity index (χ0n) is 24.7. The van der Waals surface area contributed by atoms with Gasteiger partial charge in [-0.25, -0.2) is 14.8 Å². The number of fused-ring (bicyclic) bond motifs is 1. The van der Waals surface area contributed by atoms with Gasteiger partial charge in [0.05, 0.1) is 37.2 Å². The Labute approximate surface area is 252 Å². The lowest BCUT2D eigenvalue weighted by Gasteiger charge is -2.13. The van der Waals surface area contributed by atoms with Crippen LogP contribution in [0.2, 0.25) is 0 Å². The summed E-state index contributed by atoms with van der Waals surface area (Å²) in [5, 5.41) is 10.4. The van der Waals surface area contributed by atoms with Gasteiger partial charge in [0, 0.05) is 30.8 Å². The summed E-state index contributed by atoms with van der Waals surface area (Å²) in [5.74, 6) is -0.297. The maximum Gasteiger partial charge on any atom is 0.337 e. The van der Waals surface area contributed by atoms with Crippen molar-refractivity contribution in [2.24, 2.45) is 5.73 Å². The van der Waals surface area contributed by atoms with Crippen molar-refractivity contribution in [2.75, 3.05) is 31.4 Å². The molecule has 0 bridgehead atoms. The van der Waals surface area contributed by atoms with Gasteiger partial charge in [0.2, 0.25) is 11.9 Å². The van der Waals surface area contributed by atoms with Gasteiger partial charge < -0.3 is 29.5 Å². The zero-order chi connectivity index (χ0) is 31.4. The standard InChI is InChI=1S/C30H32N8O6/c1-5-38-22(12-17(2)36-38)27(40)35-29-34-21-14-20(26(31)39)15-23(42-3)25(21)37(29)11-7-10-32-30-33-16-24(44-30)18-8-6-9-19(13-18)28(41)43-4/h6,8-9,12-16H,5,7,10-11H2,1-4H3,(H2,31,39)(H,32,33)(H,34,35,40). The molecule has 3 heterocycles. The predicted octanol–water partition coefficient (Wildman–Crippen LogP) is 3.86. The lowest BCUT2D eigenvalue weighted by molar-refractivity contribution is 0.0600. The molecule has 3 aromatic heterocycles. The maximum absolute atomic E-state index is 13.3. The highest BCUT2D eigenvalue weighted by molar-refractivity contribution is 6.04. The average molecular weight is 601 g/mol. The number of hydrogen-bond acceptors (Lipinski definition) is 10. The molecule has 5 rings (SSSR count). The molecule has 4 N–H and O–H groups in total. The van der Waals surface area contributed by atoms with Gasteiger partial charge in [0.15, 0.2) is 5.76 Å². The van der Waals surface area contributed by atoms with E-state index in [4.69, 9.17) is 19.6 Å². The summed E-state index contributed by atoms with van der Waals surface area (Å²) in [6.07, 6.45) is 2.14. The Morgan fingerprint density at radius 3 is 2.64 bits per heavy atom. The first-order chi connectivity index (χ1) is 21.2. The molecule has 0 aliphatic carbocycles. The number of imidazole rings is 1. The number of aryl methyl sites for hydroxylation is 3. The van der Waals surface area contributed by atoms with Crippen molar-refractivity contribution >= 4 is 40.8 Å². The molecule has 0 saturated carbocycles. The lowest BCUT2D eigenvalue weighted by Crippen LogP contribution is -2.20. The van der Waals surface area contributed by atoms with Crippen LogP contribution in [-0.2, 0) is 17.8 Å². The third-order valence-electron chi connectivity index (χ3n) is 6.88. The molecule has 0 saturated heterocycles. The molecule has 14 heteroatoms. The van der Waals surface area contributed by atoms with Crippen LogP contribution in [0, 0.1) is 6.92 Å². The quantitative estimate of drug-likeness (QED) is 0.140. The van der Waals surface area contributed by atoms with Crippen LogP contribution in [0.25, 0.3) is 22.4 Å². The van der Waals surface area contributed by atoms with E-state index in [9.17, 15) is 14.4 Å². The fraction of sp³-hybridized carbons (Fsp3) is 0.267. The molecule has 0 aliphatic heterocycles. The van der Waals surface area contributed by atoms with Gasteiger partial charge in [-0.3, -0.25) is 19.6 Å². The first-order valence-electron chi connectivity index (χ1n) is 13.8. The summed E-state index contributed by atoms with van der Waals surface area (Å²) in [7, 11) is 2.81. The number of esters is 1. The summed E-state index contributed by atoms with van der Waals surface area (Å²) in [4.78, 5) is 46.0. The summed E-state index contributed by atoms with van der Waals surface area (Å²) in [6.45, 7) is 5.11. The van der Waals surface area contributed by atoms with Crippen LogP contribution in [0.5, 0.6) is 5.75 Å². The number of oxazole rings is 1. The predicted molar refractivity (Wildman–Crippen MR) is 162 cm³/mol. The number of amides is 2. The first-order valence-corrected chi connectivity index (χ1v) is 13.8. The van der Waals surface area contributed by atoms with E-state index < -0.39 is 11.9 Å². The van der Waals surface area contributed by atoms with Crippen molar-refractivity contribution in [1.29, 1.82) is 0 Å². The molecule has 0 unspecified atom stereocenters. The van der Waals surface area contributed by atoms with Crippen LogP contribution >= 0.6 is 0 Å². The number of rotatable bonds is 12. The van der Waals surface area contributed by atoms with E-state index in [2.05, 4.69) is 25.7 Å². The molecule has 2 amide bonds. The lowest BCUT2D eigenvalue weighted by atomic mass is 10.1. The topological polar surface area (TPSA) is 181 Å². The highest BCUT2D eigenvalue weighted by Gasteiger charge is 2.21. The minimum atomic E-state index is -0.626. The van der Waals surface area contributed by atoms with E-state index in [1.54, 1.807) is 47.3 Å². The number of aromatic nitrogens is 5. The van der Waals surface area contributed by atoms with Crippen LogP contribution in [-0.4, -0.2) is 62.9 Å². The number of carbonyl (C=O) groups excluding carboxylic acids is 3. The van der Waals surface area contributed by atoms with Crippen LogP contribution in [0.3, 0.4) is 0 Å². The molecule has 5 aromatic rings. The van der Waals surface area contributed by atoms with Gasteiger partial charge in [-0.1, -0.05) is 12.1 Å². The average Bonchev–Trinajstić information content (AvgIpc) is 3.75. The Balaban J connectivity index is 1.36. The largest absolute Gasteiger partial charge is 0.494 e. The second-order valence-electron chi connectivity index (χ2n) is 9.82. The van der Waals surface area contributed by atoms with Crippen molar-refractivity contribution in [1.82, 2.24) is 24.3 Å². The molecule has 14 nitrogen and oxygen atoms in total. The molecule has 0 atom stereocenters. The number of hydrogen-bond donors (Lipinski definition) is 3. The molecule has 0 radical (unpaired) electrons. The Hall–Kier alpha value is -5.66. The van der Waals surface area contributed by atoms with Crippen LogP contribution < -0.4 is 21.1 Å². The minimum absolute atomic E-state index is 0.232. The third-order valence-corrected chi connectivity index (χ3v) is 6.88. The Morgan fingerprint density at radius 1 is 1.09 bits per heavy atom. The van der Waals surface area contributed by atoms with E-state index in [-0.39, 0.29) is 17.4 Å². The van der Waals surface area contributed by atoms with E-state index >= 15 is 0 Å². The molecule has 0 spiro atoms. The van der Waals surface area contributed by atoms with Crippen molar-refractivity contribution in [2.45, 2.75) is 33.4 Å². The molecule has 2 aromatic carbocycles. The van der Waals surface area contributed by atoms with Crippen molar-refractivity contribution in [3.8, 4) is 17.1 Å². The van der Waals surface area contributed by atoms with Crippen LogP contribution in [0.15, 0.2) is 53.1 Å². The second kappa shape index (κ2) is 12.7. The molecule has 228 valence electrons. The number of carbonyl (C=O) groups is 3. The molecular formula is C30H32N8O6. The van der Waals surface area contributed by atoms with Gasteiger partial charge >= 0.3 is 5.97 Å². The number of nitrogens with two attached hydrogens (primary N) is 1. The van der Waals surface area contributed by atoms with Crippen LogP contribution in [0.1, 0.15) is 50.2 Å². The number of methoxy groups -OCH3 is 2. The Kier molecular flexibility index (Phi) is 8.60. The summed E-state index contributed by atoms with van der Waals surface area (Å²) >= 11 is 0. The molecular weight excluding hydrogens is 568 g/mol. The molecule has 0 fully saturated rings. The zero-order valence-corrected chi connectivity index (χ0v) is 24.7. The SMILES string of the molecule is CCn1nc(C)cc1C(=O)Nc1nc2cc(C(N)=O)cc(OC)c2n1CCCNc1ncc(-c2cccc(C(=O)OC)c2)o1. The number of nitrogens with zero attached hydrogens (tertiary/aromatic N) is 5. The number of primary amides is 1. The fourth-order valence-corrected chi connectivity index (χ4v) is 4.81. The Bertz CT molecular complexity index is 1850. The Morgan fingerprint density at radius 2 is 1.91 bits per heavy atom. The van der Waals surface area contributed by atoms with Gasteiger partial charge in [-0.05, 0) is 50.6 Å². The highest BCUT2D eigenvalue weighted by atomic mass is 16.5. The van der Waals surface area contributed by atoms with E-state index in [1.807, 2.05) is 24.5 Å². The van der Waals surface area contributed by atoms with Gasteiger partial charge in [-0.2, -0.15) is 5.10 Å². The number of ether oxygens (including phenoxy) is 2. The maximum atomic E-state index is 13.3. The smallest absolute Gasteiger partial charge is 0.337 e. The number of benzene rings is 2. The highest BCUT2D eigenvalue weighted by Crippen LogP contribution is 2.31. The van der Waals surface area contributed by atoms with Crippen molar-refractivity contribution in [3.63, 3.8) is 0 Å². The monoisotopic (exact) mass is 600 g/mol. The summed E-state index contributed by atoms with van der Waals surface area (Å²) < 4.78 is 19.7. The molecule has 44 heavy (non-hydrogen) atoms. The summed E-state index contributed by atoms with van der Waals surface area (Å²) in [5.41, 5.74) is 8.99. The van der Waals surface area contributed by atoms with Gasteiger partial charge in [0.25, 0.3) is 11.9 Å². The van der Waals surface area contributed by atoms with Gasteiger partial charge in [0.1, 0.15) is 17.0 Å². The van der Waals surface area contributed by atoms with E-state index in [1.165, 1.54) is 14.2 Å². The van der Waals surface area contributed by atoms with Crippen LogP contribution in [0.4, 0.5) is 12.0 Å². The first kappa shape index (κ1) is 29.8. The van der Waals surface area contributed by atoms with E-state index in [0.717, 1.165) is 5.69 Å². The fourth-order valence-electron chi connectivity index (χ4n) is 4.81. The molecule has 0 aliphatic rings. The third kappa shape index (κ3) is 6.09. The summed E-state index contributed by atoms with van der Waals surface area (Å²) in [6, 6.07) is 12.0. The van der Waals surface area contributed by atoms with E-state index in [0.29, 0.717) is 71.4 Å². The number of anilines is 2. The van der Waals surface area contributed by atoms with Gasteiger partial charge in [-0.15, -0.1) is 0 Å². The minimum Gasteiger partial charge on any atom is -0.494 e. The normalized spacial score (nSPS) is 11.0. The number of nitrogens with one attached hydrogen (secondary N) is 2. The second-order valence-corrected chi connectivity index (χ2v) is 9.82. The van der Waals surface area contributed by atoms with Crippen molar-refractivity contribution in [3.05, 3.63) is 71.2 Å².